The van der Waals surface area contributed by atoms with E-state index in [0.717, 1.165) is 38.4 Å². The molecule has 1 aromatic rings. The Morgan fingerprint density at radius 3 is 2.83 bits per heavy atom. The zero-order valence-corrected chi connectivity index (χ0v) is 14.1. The van der Waals surface area contributed by atoms with Gasteiger partial charge in [-0.25, -0.2) is 4.98 Å². The molecule has 1 aromatic heterocycles. The third-order valence-electron chi connectivity index (χ3n) is 3.57. The Kier molecular flexibility index (Phi) is 5.56. The molecule has 6 heteroatoms. The van der Waals surface area contributed by atoms with Crippen LogP contribution in [0.1, 0.15) is 32.8 Å². The quantitative estimate of drug-likeness (QED) is 0.792. The summed E-state index contributed by atoms with van der Waals surface area (Å²) in [7, 11) is 0. The molecule has 124 valence electrons. The highest BCUT2D eigenvalue weighted by Gasteiger charge is 2.22. The summed E-state index contributed by atoms with van der Waals surface area (Å²) in [5.41, 5.74) is 0.137. The molecule has 1 saturated heterocycles. The second kappa shape index (κ2) is 7.42. The van der Waals surface area contributed by atoms with Crippen molar-refractivity contribution in [2.24, 2.45) is 0 Å². The molecule has 0 unspecified atom stereocenters. The lowest BCUT2D eigenvalue weighted by atomic mass is 10.2. The van der Waals surface area contributed by atoms with Gasteiger partial charge in [0.25, 0.3) is 0 Å². The fraction of sp³-hybridized carbons (Fsp3) is 0.588. The van der Waals surface area contributed by atoms with E-state index in [1.165, 1.54) is 0 Å². The highest BCUT2D eigenvalue weighted by Crippen LogP contribution is 2.18. The summed E-state index contributed by atoms with van der Waals surface area (Å²) < 4.78 is 5.38. The Bertz CT molecular complexity index is 589. The number of carbonyl (C=O) groups is 1. The lowest BCUT2D eigenvalue weighted by Gasteiger charge is -2.24. The number of nitriles is 1. The van der Waals surface area contributed by atoms with E-state index in [1.54, 1.807) is 18.3 Å². The van der Waals surface area contributed by atoms with Crippen molar-refractivity contribution in [1.29, 1.82) is 5.26 Å². The van der Waals surface area contributed by atoms with Crippen LogP contribution >= 0.6 is 0 Å². The number of esters is 1. The molecule has 2 heterocycles. The van der Waals surface area contributed by atoms with E-state index in [1.807, 2.05) is 20.8 Å². The molecule has 1 aliphatic heterocycles. The van der Waals surface area contributed by atoms with E-state index in [9.17, 15) is 10.1 Å². The second-order valence-electron chi connectivity index (χ2n) is 6.69. The van der Waals surface area contributed by atoms with Gasteiger partial charge in [0.05, 0.1) is 12.1 Å². The topological polar surface area (TPSA) is 69.5 Å². The molecule has 0 N–H and O–H groups in total. The molecule has 0 amide bonds. The normalized spacial score (nSPS) is 16.5. The van der Waals surface area contributed by atoms with E-state index in [2.05, 4.69) is 20.9 Å². The van der Waals surface area contributed by atoms with Gasteiger partial charge in [0.2, 0.25) is 0 Å². The van der Waals surface area contributed by atoms with Gasteiger partial charge in [-0.1, -0.05) is 0 Å². The number of anilines is 1. The van der Waals surface area contributed by atoms with Gasteiger partial charge in [-0.05, 0) is 39.3 Å². The van der Waals surface area contributed by atoms with Crippen LogP contribution in [-0.4, -0.2) is 54.2 Å². The number of aromatic nitrogens is 1. The van der Waals surface area contributed by atoms with Crippen LogP contribution < -0.4 is 4.90 Å². The molecule has 0 spiro atoms. The van der Waals surface area contributed by atoms with Crippen molar-refractivity contribution in [3.8, 4) is 6.07 Å². The predicted molar refractivity (Wildman–Crippen MR) is 88.1 cm³/mol. The molecule has 6 nitrogen and oxygen atoms in total. The first kappa shape index (κ1) is 17.2. The fourth-order valence-electron chi connectivity index (χ4n) is 2.63. The van der Waals surface area contributed by atoms with Crippen molar-refractivity contribution in [2.45, 2.75) is 32.8 Å². The van der Waals surface area contributed by atoms with Gasteiger partial charge in [-0.2, -0.15) is 5.26 Å². The molecule has 2 rings (SSSR count). The van der Waals surface area contributed by atoms with Crippen LogP contribution in [-0.2, 0) is 9.53 Å². The molecule has 0 aromatic carbocycles. The number of pyridine rings is 1. The van der Waals surface area contributed by atoms with Crippen molar-refractivity contribution >= 4 is 11.8 Å². The molecule has 1 fully saturated rings. The first-order valence-electron chi connectivity index (χ1n) is 7.93. The zero-order chi connectivity index (χ0) is 16.9. The monoisotopic (exact) mass is 316 g/mol. The summed E-state index contributed by atoms with van der Waals surface area (Å²) in [5, 5.41) is 9.21. The van der Waals surface area contributed by atoms with Crippen molar-refractivity contribution in [3.05, 3.63) is 23.9 Å². The van der Waals surface area contributed by atoms with Gasteiger partial charge in [-0.3, -0.25) is 9.69 Å². The maximum absolute atomic E-state index is 12.0. The number of carbonyl (C=O) groups excluding carboxylic acids is 1. The molecule has 0 saturated carbocycles. The SMILES string of the molecule is CC(C)(C)OC(=O)CN1CCCN(c2ncccc2C#N)CC1. The average Bonchev–Trinajstić information content (AvgIpc) is 2.70. The molecule has 0 bridgehead atoms. The van der Waals surface area contributed by atoms with E-state index in [-0.39, 0.29) is 5.97 Å². The van der Waals surface area contributed by atoms with Crippen LogP contribution in [0.5, 0.6) is 0 Å². The molecule has 0 radical (unpaired) electrons. The zero-order valence-electron chi connectivity index (χ0n) is 14.1. The molecular formula is C17H24N4O2. The average molecular weight is 316 g/mol. The maximum Gasteiger partial charge on any atom is 0.320 e. The van der Waals surface area contributed by atoms with Crippen LogP contribution in [0.3, 0.4) is 0 Å². The smallest absolute Gasteiger partial charge is 0.320 e. The summed E-state index contributed by atoms with van der Waals surface area (Å²) in [5.74, 6) is 0.538. The van der Waals surface area contributed by atoms with Crippen LogP contribution in [0.25, 0.3) is 0 Å². The summed E-state index contributed by atoms with van der Waals surface area (Å²) in [6, 6.07) is 5.75. The van der Waals surface area contributed by atoms with E-state index >= 15 is 0 Å². The number of hydrogen-bond donors (Lipinski definition) is 0. The van der Waals surface area contributed by atoms with Crippen molar-refractivity contribution in [3.63, 3.8) is 0 Å². The molecule has 1 aliphatic rings. The van der Waals surface area contributed by atoms with Crippen LogP contribution in [0.2, 0.25) is 0 Å². The summed E-state index contributed by atoms with van der Waals surface area (Å²) in [4.78, 5) is 20.5. The number of hydrogen-bond acceptors (Lipinski definition) is 6. The van der Waals surface area contributed by atoms with E-state index < -0.39 is 5.60 Å². The Hall–Kier alpha value is -2.13. The maximum atomic E-state index is 12.0. The highest BCUT2D eigenvalue weighted by molar-refractivity contribution is 5.72. The van der Waals surface area contributed by atoms with Gasteiger partial charge in [0.15, 0.2) is 0 Å². The van der Waals surface area contributed by atoms with Crippen molar-refractivity contribution in [1.82, 2.24) is 9.88 Å². The summed E-state index contributed by atoms with van der Waals surface area (Å²) >= 11 is 0. The minimum absolute atomic E-state index is 0.193. The standard InChI is InChI=1S/C17H24N4O2/c1-17(2,3)23-15(22)13-20-8-5-9-21(11-10-20)16-14(12-18)6-4-7-19-16/h4,6-7H,5,8-11,13H2,1-3H3. The fourth-order valence-corrected chi connectivity index (χ4v) is 2.63. The van der Waals surface area contributed by atoms with Crippen molar-refractivity contribution < 1.29 is 9.53 Å². The largest absolute Gasteiger partial charge is 0.459 e. The van der Waals surface area contributed by atoms with E-state index in [4.69, 9.17) is 4.74 Å². The number of ether oxygens (including phenoxy) is 1. The molecular weight excluding hydrogens is 292 g/mol. The lowest BCUT2D eigenvalue weighted by Crippen LogP contribution is -2.37. The van der Waals surface area contributed by atoms with Crippen LogP contribution in [0, 0.1) is 11.3 Å². The number of rotatable bonds is 3. The van der Waals surface area contributed by atoms with Gasteiger partial charge < -0.3 is 9.64 Å². The first-order chi connectivity index (χ1) is 10.9. The molecule has 23 heavy (non-hydrogen) atoms. The first-order valence-corrected chi connectivity index (χ1v) is 7.93. The second-order valence-corrected chi connectivity index (χ2v) is 6.69. The van der Waals surface area contributed by atoms with E-state index in [0.29, 0.717) is 12.1 Å². The Balaban J connectivity index is 1.95. The Morgan fingerprint density at radius 1 is 1.35 bits per heavy atom. The number of nitrogens with zero attached hydrogens (tertiary/aromatic N) is 4. The van der Waals surface area contributed by atoms with Crippen LogP contribution in [0.15, 0.2) is 18.3 Å². The van der Waals surface area contributed by atoms with Gasteiger partial charge in [0.1, 0.15) is 17.5 Å². The van der Waals surface area contributed by atoms with Gasteiger partial charge in [-0.15, -0.1) is 0 Å². The summed E-state index contributed by atoms with van der Waals surface area (Å²) in [6.07, 6.45) is 2.63. The lowest BCUT2D eigenvalue weighted by molar-refractivity contribution is -0.156. The molecule has 0 atom stereocenters. The Morgan fingerprint density at radius 2 is 2.13 bits per heavy atom. The van der Waals surface area contributed by atoms with Crippen LogP contribution in [0.4, 0.5) is 5.82 Å². The third-order valence-corrected chi connectivity index (χ3v) is 3.57. The van der Waals surface area contributed by atoms with Gasteiger partial charge in [0, 0.05) is 32.4 Å². The third kappa shape index (κ3) is 5.22. The molecule has 0 aliphatic carbocycles. The summed E-state index contributed by atoms with van der Waals surface area (Å²) in [6.45, 7) is 9.09. The van der Waals surface area contributed by atoms with Crippen molar-refractivity contribution in [2.75, 3.05) is 37.6 Å². The predicted octanol–water partition coefficient (Wildman–Crippen LogP) is 1.81. The Labute approximate surface area is 137 Å². The highest BCUT2D eigenvalue weighted by atomic mass is 16.6. The minimum Gasteiger partial charge on any atom is -0.459 e. The minimum atomic E-state index is -0.454. The van der Waals surface area contributed by atoms with Gasteiger partial charge >= 0.3 is 5.97 Å².